The van der Waals surface area contributed by atoms with Gasteiger partial charge in [-0.25, -0.2) is 0 Å². The van der Waals surface area contributed by atoms with Crippen LogP contribution >= 0.6 is 27.3 Å². The average molecular weight is 372 g/mol. The van der Waals surface area contributed by atoms with Gasteiger partial charge in [-0.1, -0.05) is 6.42 Å². The van der Waals surface area contributed by atoms with E-state index >= 15 is 0 Å². The van der Waals surface area contributed by atoms with Gasteiger partial charge in [-0.3, -0.25) is 9.80 Å². The van der Waals surface area contributed by atoms with E-state index in [0.717, 1.165) is 6.04 Å². The predicted molar refractivity (Wildman–Crippen MR) is 93.8 cm³/mol. The molecule has 2 saturated heterocycles. The van der Waals surface area contributed by atoms with Crippen molar-refractivity contribution in [3.05, 3.63) is 20.8 Å². The van der Waals surface area contributed by atoms with Gasteiger partial charge in [0.05, 0.1) is 9.83 Å². The van der Waals surface area contributed by atoms with Crippen molar-refractivity contribution in [3.8, 4) is 0 Å². The first-order valence-corrected chi connectivity index (χ1v) is 9.75. The van der Waals surface area contributed by atoms with Gasteiger partial charge < -0.3 is 5.73 Å². The molecule has 0 amide bonds. The fourth-order valence-corrected chi connectivity index (χ4v) is 5.54. The van der Waals surface area contributed by atoms with Gasteiger partial charge in [-0.05, 0) is 67.3 Å². The third-order valence-corrected chi connectivity index (χ3v) is 6.57. The molecule has 3 rings (SSSR count). The van der Waals surface area contributed by atoms with E-state index in [1.807, 2.05) is 11.3 Å². The fourth-order valence-electron chi connectivity index (χ4n) is 3.86. The highest BCUT2D eigenvalue weighted by Gasteiger charge is 2.34. The van der Waals surface area contributed by atoms with Crippen LogP contribution in [0.2, 0.25) is 0 Å². The fraction of sp³-hybridized carbons (Fsp3) is 0.750. The zero-order chi connectivity index (χ0) is 14.8. The Hall–Kier alpha value is 0.0600. The second-order valence-electron chi connectivity index (χ2n) is 6.48. The summed E-state index contributed by atoms with van der Waals surface area (Å²) >= 11 is 5.41. The molecule has 0 bridgehead atoms. The molecule has 118 valence electrons. The maximum atomic E-state index is 6.32. The van der Waals surface area contributed by atoms with E-state index in [2.05, 4.69) is 44.8 Å². The Morgan fingerprint density at radius 2 is 2.00 bits per heavy atom. The number of piperidine rings is 1. The smallest absolute Gasteiger partial charge is 0.0702 e. The summed E-state index contributed by atoms with van der Waals surface area (Å²) in [4.78, 5) is 6.73. The van der Waals surface area contributed by atoms with Crippen molar-refractivity contribution in [3.63, 3.8) is 0 Å². The van der Waals surface area contributed by atoms with E-state index in [0.29, 0.717) is 6.04 Å². The second kappa shape index (κ2) is 7.09. The van der Waals surface area contributed by atoms with Crippen LogP contribution in [0.5, 0.6) is 0 Å². The molecule has 3 unspecified atom stereocenters. The Balaban J connectivity index is 1.67. The van der Waals surface area contributed by atoms with Crippen molar-refractivity contribution in [2.24, 2.45) is 5.73 Å². The molecule has 5 heteroatoms. The summed E-state index contributed by atoms with van der Waals surface area (Å²) < 4.78 is 1.20. The largest absolute Gasteiger partial charge is 0.326 e. The first-order chi connectivity index (χ1) is 10.1. The van der Waals surface area contributed by atoms with Gasteiger partial charge >= 0.3 is 0 Å². The number of rotatable bonds is 4. The van der Waals surface area contributed by atoms with Crippen molar-refractivity contribution in [1.82, 2.24) is 9.80 Å². The van der Waals surface area contributed by atoms with Crippen LogP contribution in [0.3, 0.4) is 0 Å². The Morgan fingerprint density at radius 3 is 2.62 bits per heavy atom. The number of hydrogen-bond acceptors (Lipinski definition) is 4. The molecular weight excluding hydrogens is 346 g/mol. The maximum Gasteiger partial charge on any atom is 0.0702 e. The van der Waals surface area contributed by atoms with Crippen LogP contribution in [0.15, 0.2) is 15.9 Å². The molecule has 1 aromatic rings. The van der Waals surface area contributed by atoms with Gasteiger partial charge in [-0.15, -0.1) is 11.3 Å². The van der Waals surface area contributed by atoms with Crippen LogP contribution < -0.4 is 5.73 Å². The van der Waals surface area contributed by atoms with Crippen LogP contribution in [0.4, 0.5) is 0 Å². The SMILES string of the molecule is CC(N)C(c1ccc(Br)s1)N1CCC(N2CCCCC2)C1. The van der Waals surface area contributed by atoms with E-state index in [4.69, 9.17) is 5.73 Å². The molecule has 3 nitrogen and oxygen atoms in total. The number of halogens is 1. The molecule has 2 N–H and O–H groups in total. The Morgan fingerprint density at radius 1 is 1.24 bits per heavy atom. The van der Waals surface area contributed by atoms with Gasteiger partial charge in [-0.2, -0.15) is 0 Å². The third-order valence-electron chi connectivity index (χ3n) is 4.88. The van der Waals surface area contributed by atoms with Crippen LogP contribution in [-0.4, -0.2) is 48.1 Å². The Kier molecular flexibility index (Phi) is 5.38. The number of hydrogen-bond donors (Lipinski definition) is 1. The summed E-state index contributed by atoms with van der Waals surface area (Å²) in [6, 6.07) is 5.67. The predicted octanol–water partition coefficient (Wildman–Crippen LogP) is 3.46. The molecule has 0 saturated carbocycles. The first kappa shape index (κ1) is 15.9. The van der Waals surface area contributed by atoms with E-state index < -0.39 is 0 Å². The highest BCUT2D eigenvalue weighted by molar-refractivity contribution is 9.11. The molecule has 0 radical (unpaired) electrons. The summed E-state index contributed by atoms with van der Waals surface area (Å²) in [6.45, 7) is 7.11. The standard InChI is InChI=1S/C16H26BrN3S/c1-12(18)16(14-5-6-15(17)21-14)20-10-7-13(11-20)19-8-3-2-4-9-19/h5-6,12-13,16H,2-4,7-11,18H2,1H3. The zero-order valence-electron chi connectivity index (χ0n) is 12.8. The molecule has 2 fully saturated rings. The summed E-state index contributed by atoms with van der Waals surface area (Å²) in [6.07, 6.45) is 5.48. The minimum atomic E-state index is 0.177. The van der Waals surface area contributed by atoms with Gasteiger partial charge in [0.2, 0.25) is 0 Å². The van der Waals surface area contributed by atoms with Gasteiger partial charge in [0, 0.05) is 30.1 Å². The highest BCUT2D eigenvalue weighted by atomic mass is 79.9. The number of likely N-dealkylation sites (tertiary alicyclic amines) is 2. The first-order valence-electron chi connectivity index (χ1n) is 8.14. The minimum Gasteiger partial charge on any atom is -0.326 e. The topological polar surface area (TPSA) is 32.5 Å². The Labute approximate surface area is 140 Å². The van der Waals surface area contributed by atoms with Crippen LogP contribution in [0, 0.1) is 0 Å². The van der Waals surface area contributed by atoms with E-state index in [-0.39, 0.29) is 6.04 Å². The lowest BCUT2D eigenvalue weighted by molar-refractivity contribution is 0.147. The second-order valence-corrected chi connectivity index (χ2v) is 8.97. The molecule has 3 atom stereocenters. The van der Waals surface area contributed by atoms with Crippen molar-refractivity contribution in [2.75, 3.05) is 26.2 Å². The molecular formula is C16H26BrN3S. The molecule has 21 heavy (non-hydrogen) atoms. The van der Waals surface area contributed by atoms with Crippen molar-refractivity contribution >= 4 is 27.3 Å². The third kappa shape index (κ3) is 3.70. The summed E-state index contributed by atoms with van der Waals surface area (Å²) in [5.41, 5.74) is 6.32. The Bertz CT molecular complexity index is 456. The number of nitrogens with two attached hydrogens (primary N) is 1. The zero-order valence-corrected chi connectivity index (χ0v) is 15.2. The van der Waals surface area contributed by atoms with E-state index in [1.165, 1.54) is 60.5 Å². The maximum absolute atomic E-state index is 6.32. The van der Waals surface area contributed by atoms with Crippen molar-refractivity contribution in [1.29, 1.82) is 0 Å². The lowest BCUT2D eigenvalue weighted by Crippen LogP contribution is -2.43. The average Bonchev–Trinajstić information content (AvgIpc) is 3.10. The summed E-state index contributed by atoms with van der Waals surface area (Å²) in [5.74, 6) is 0. The van der Waals surface area contributed by atoms with E-state index in [1.54, 1.807) is 0 Å². The summed E-state index contributed by atoms with van der Waals surface area (Å²) in [5, 5.41) is 0. The minimum absolute atomic E-state index is 0.177. The summed E-state index contributed by atoms with van der Waals surface area (Å²) in [7, 11) is 0. The molecule has 1 aromatic heterocycles. The van der Waals surface area contributed by atoms with Crippen LogP contribution in [0.25, 0.3) is 0 Å². The monoisotopic (exact) mass is 371 g/mol. The molecule has 2 aliphatic heterocycles. The van der Waals surface area contributed by atoms with E-state index in [9.17, 15) is 0 Å². The van der Waals surface area contributed by atoms with Crippen molar-refractivity contribution in [2.45, 2.75) is 50.7 Å². The quantitative estimate of drug-likeness (QED) is 0.879. The molecule has 0 spiro atoms. The van der Waals surface area contributed by atoms with Crippen molar-refractivity contribution < 1.29 is 0 Å². The normalized spacial score (nSPS) is 27.9. The number of nitrogens with zero attached hydrogens (tertiary/aromatic N) is 2. The molecule has 3 heterocycles. The number of thiophene rings is 1. The highest BCUT2D eigenvalue weighted by Crippen LogP contribution is 2.35. The van der Waals surface area contributed by atoms with Crippen LogP contribution in [0.1, 0.15) is 43.5 Å². The lowest BCUT2D eigenvalue weighted by Gasteiger charge is -2.34. The van der Waals surface area contributed by atoms with Gasteiger partial charge in [0.15, 0.2) is 0 Å². The lowest BCUT2D eigenvalue weighted by atomic mass is 10.1. The molecule has 0 aliphatic carbocycles. The van der Waals surface area contributed by atoms with Crippen LogP contribution in [-0.2, 0) is 0 Å². The van der Waals surface area contributed by atoms with Gasteiger partial charge in [0.1, 0.15) is 0 Å². The molecule has 2 aliphatic rings. The van der Waals surface area contributed by atoms with Gasteiger partial charge in [0.25, 0.3) is 0 Å². The molecule has 0 aromatic carbocycles.